The summed E-state index contributed by atoms with van der Waals surface area (Å²) in [5.41, 5.74) is 1.64. The van der Waals surface area contributed by atoms with Crippen LogP contribution in [0.4, 0.5) is 0 Å². The number of ether oxygens (including phenoxy) is 1. The van der Waals surface area contributed by atoms with E-state index < -0.39 is 0 Å². The van der Waals surface area contributed by atoms with E-state index >= 15 is 0 Å². The summed E-state index contributed by atoms with van der Waals surface area (Å²) in [5.74, 6) is 3.75. The number of halogens is 1. The molecule has 0 bridgehead atoms. The number of hydrogen-bond acceptors (Lipinski definition) is 3. The lowest BCUT2D eigenvalue weighted by Crippen LogP contribution is -2.51. The fourth-order valence-electron chi connectivity index (χ4n) is 8.40. The number of ketones is 1. The largest absolute Gasteiger partial charge is 0.462 e. The molecule has 0 N–H and O–H groups in total. The third-order valence-corrected chi connectivity index (χ3v) is 10.5. The van der Waals surface area contributed by atoms with E-state index in [1.54, 1.807) is 6.92 Å². The standard InChI is InChI=1S/C29H45BrO3/c1-20(31)33-27-14-13-26-28-21(10-8-6-4-3-5-7-9-17-30)18-22-19-23(32)11-12-24(22)25(28)15-16-29(26,27)2/h19,21,24-28H,3-18H2,1-2H3/t21-,24-,25-,26+,27+,28-,29+/m1/s1. The van der Waals surface area contributed by atoms with Crippen LogP contribution in [0.3, 0.4) is 0 Å². The summed E-state index contributed by atoms with van der Waals surface area (Å²) in [7, 11) is 0. The molecule has 0 amide bonds. The molecule has 0 spiro atoms. The first-order valence-corrected chi connectivity index (χ1v) is 15.0. The second-order valence-electron chi connectivity index (χ2n) is 11.8. The van der Waals surface area contributed by atoms with E-state index in [9.17, 15) is 9.59 Å². The lowest BCUT2D eigenvalue weighted by Gasteiger charge is -2.56. The van der Waals surface area contributed by atoms with Crippen LogP contribution in [0.15, 0.2) is 11.6 Å². The second-order valence-corrected chi connectivity index (χ2v) is 12.6. The molecule has 0 radical (unpaired) electrons. The molecule has 0 aromatic heterocycles. The minimum atomic E-state index is -0.115. The Labute approximate surface area is 210 Å². The molecule has 4 aliphatic rings. The van der Waals surface area contributed by atoms with E-state index in [1.165, 1.54) is 76.2 Å². The smallest absolute Gasteiger partial charge is 0.302 e. The van der Waals surface area contributed by atoms with Gasteiger partial charge in [0.15, 0.2) is 5.78 Å². The van der Waals surface area contributed by atoms with Gasteiger partial charge in [-0.2, -0.15) is 0 Å². The van der Waals surface area contributed by atoms with Gasteiger partial charge in [0.05, 0.1) is 0 Å². The molecule has 3 saturated carbocycles. The summed E-state index contributed by atoms with van der Waals surface area (Å²) >= 11 is 3.53. The summed E-state index contributed by atoms with van der Waals surface area (Å²) < 4.78 is 5.87. The van der Waals surface area contributed by atoms with Crippen molar-refractivity contribution in [3.8, 4) is 0 Å². The first kappa shape index (κ1) is 25.5. The second kappa shape index (κ2) is 11.4. The number of unbranched alkanes of at least 4 members (excludes halogenated alkanes) is 6. The fourth-order valence-corrected chi connectivity index (χ4v) is 8.80. The normalized spacial score (nSPS) is 37.7. The van der Waals surface area contributed by atoms with E-state index in [1.807, 2.05) is 6.08 Å². The maximum Gasteiger partial charge on any atom is 0.302 e. The number of alkyl halides is 1. The monoisotopic (exact) mass is 520 g/mol. The van der Waals surface area contributed by atoms with E-state index in [0.29, 0.717) is 23.5 Å². The van der Waals surface area contributed by atoms with Crippen LogP contribution in [0, 0.1) is 35.0 Å². The van der Waals surface area contributed by atoms with Crippen molar-refractivity contribution in [2.75, 3.05) is 5.33 Å². The molecule has 0 aliphatic heterocycles. The van der Waals surface area contributed by atoms with Gasteiger partial charge in [-0.05, 0) is 87.0 Å². The SMILES string of the molecule is CC(=O)O[C@H]1CC[C@H]2[C@@H]3[C@H](CCCCCCCCCBr)CC4=CC(=O)CC[C@H]4[C@H]3CC[C@]12C. The highest BCUT2D eigenvalue weighted by atomic mass is 79.9. The van der Waals surface area contributed by atoms with Gasteiger partial charge < -0.3 is 4.74 Å². The van der Waals surface area contributed by atoms with Crippen molar-refractivity contribution < 1.29 is 14.3 Å². The number of carbonyl (C=O) groups is 2. The molecule has 0 heterocycles. The van der Waals surface area contributed by atoms with Gasteiger partial charge in [0.1, 0.15) is 6.10 Å². The lowest BCUT2D eigenvalue weighted by atomic mass is 9.49. The predicted octanol–water partition coefficient (Wildman–Crippen LogP) is 7.80. The molecule has 33 heavy (non-hydrogen) atoms. The van der Waals surface area contributed by atoms with Crippen molar-refractivity contribution in [2.24, 2.45) is 35.0 Å². The summed E-state index contributed by atoms with van der Waals surface area (Å²) in [6.45, 7) is 4.00. The van der Waals surface area contributed by atoms with Crippen molar-refractivity contribution in [2.45, 2.75) is 116 Å². The molecule has 0 aromatic rings. The Hall–Kier alpha value is -0.640. The van der Waals surface area contributed by atoms with E-state index in [-0.39, 0.29) is 17.5 Å². The van der Waals surface area contributed by atoms with E-state index in [4.69, 9.17) is 4.74 Å². The van der Waals surface area contributed by atoms with Crippen molar-refractivity contribution in [3.05, 3.63) is 11.6 Å². The van der Waals surface area contributed by atoms with Crippen molar-refractivity contribution in [1.29, 1.82) is 0 Å². The molecule has 4 aliphatic carbocycles. The third-order valence-electron chi connectivity index (χ3n) is 9.90. The van der Waals surface area contributed by atoms with Crippen LogP contribution in [-0.2, 0) is 14.3 Å². The highest BCUT2D eigenvalue weighted by Crippen LogP contribution is 2.64. The maximum absolute atomic E-state index is 12.2. The zero-order valence-corrected chi connectivity index (χ0v) is 22.5. The molecule has 186 valence electrons. The van der Waals surface area contributed by atoms with Gasteiger partial charge in [-0.1, -0.05) is 67.0 Å². The van der Waals surface area contributed by atoms with Crippen LogP contribution >= 0.6 is 15.9 Å². The van der Waals surface area contributed by atoms with Crippen LogP contribution in [0.2, 0.25) is 0 Å². The minimum absolute atomic E-state index is 0.103. The number of hydrogen-bond donors (Lipinski definition) is 0. The fraction of sp³-hybridized carbons (Fsp3) is 0.862. The Balaban J connectivity index is 1.44. The summed E-state index contributed by atoms with van der Waals surface area (Å²) in [4.78, 5) is 24.0. The third kappa shape index (κ3) is 5.62. The molecule has 3 nitrogen and oxygen atoms in total. The average Bonchev–Trinajstić information content (AvgIpc) is 3.10. The summed E-state index contributed by atoms with van der Waals surface area (Å²) in [5, 5.41) is 1.13. The van der Waals surface area contributed by atoms with Gasteiger partial charge in [0.2, 0.25) is 0 Å². The van der Waals surface area contributed by atoms with Gasteiger partial charge in [0.25, 0.3) is 0 Å². The van der Waals surface area contributed by atoms with Crippen molar-refractivity contribution in [3.63, 3.8) is 0 Å². The zero-order chi connectivity index (χ0) is 23.4. The van der Waals surface area contributed by atoms with Crippen LogP contribution in [-0.4, -0.2) is 23.2 Å². The Bertz CT molecular complexity index is 730. The molecule has 7 atom stereocenters. The topological polar surface area (TPSA) is 43.4 Å². The minimum Gasteiger partial charge on any atom is -0.462 e. The Morgan fingerprint density at radius 2 is 1.79 bits per heavy atom. The van der Waals surface area contributed by atoms with Gasteiger partial charge in [-0.25, -0.2) is 0 Å². The van der Waals surface area contributed by atoms with Crippen LogP contribution in [0.5, 0.6) is 0 Å². The zero-order valence-electron chi connectivity index (χ0n) is 21.0. The molecule has 0 aromatic carbocycles. The van der Waals surface area contributed by atoms with Gasteiger partial charge in [-0.3, -0.25) is 9.59 Å². The highest BCUT2D eigenvalue weighted by Gasteiger charge is 2.59. The average molecular weight is 522 g/mol. The molecule has 0 unspecified atom stereocenters. The number of rotatable bonds is 10. The van der Waals surface area contributed by atoms with E-state index in [2.05, 4.69) is 22.9 Å². The van der Waals surface area contributed by atoms with Crippen LogP contribution in [0.25, 0.3) is 0 Å². The van der Waals surface area contributed by atoms with Crippen molar-refractivity contribution in [1.82, 2.24) is 0 Å². The van der Waals surface area contributed by atoms with Gasteiger partial charge in [0, 0.05) is 24.1 Å². The van der Waals surface area contributed by atoms with Gasteiger partial charge in [-0.15, -0.1) is 0 Å². The predicted molar refractivity (Wildman–Crippen MR) is 137 cm³/mol. The molecule has 3 fully saturated rings. The first-order chi connectivity index (χ1) is 15.9. The molecular weight excluding hydrogens is 476 g/mol. The number of fused-ring (bicyclic) bond motifs is 5. The van der Waals surface area contributed by atoms with Crippen molar-refractivity contribution >= 4 is 27.7 Å². The molecule has 0 saturated heterocycles. The highest BCUT2D eigenvalue weighted by molar-refractivity contribution is 9.09. The Morgan fingerprint density at radius 1 is 1.06 bits per heavy atom. The number of carbonyl (C=O) groups excluding carboxylic acids is 2. The first-order valence-electron chi connectivity index (χ1n) is 13.9. The van der Waals surface area contributed by atoms with E-state index in [0.717, 1.165) is 42.8 Å². The number of allylic oxidation sites excluding steroid dienone is 1. The van der Waals surface area contributed by atoms with Crippen LogP contribution in [0.1, 0.15) is 110 Å². The Kier molecular flexibility index (Phi) is 8.79. The van der Waals surface area contributed by atoms with Gasteiger partial charge >= 0.3 is 5.97 Å². The molecule has 4 heteroatoms. The molecular formula is C29H45BrO3. The summed E-state index contributed by atoms with van der Waals surface area (Å²) in [6.07, 6.45) is 20.5. The lowest BCUT2D eigenvalue weighted by molar-refractivity contribution is -0.157. The number of esters is 1. The maximum atomic E-state index is 12.2. The van der Waals surface area contributed by atoms with Crippen LogP contribution < -0.4 is 0 Å². The summed E-state index contributed by atoms with van der Waals surface area (Å²) in [6, 6.07) is 0. The Morgan fingerprint density at radius 3 is 2.52 bits per heavy atom. The quantitative estimate of drug-likeness (QED) is 0.167. The molecule has 4 rings (SSSR count).